The van der Waals surface area contributed by atoms with Gasteiger partial charge < -0.3 is 10.1 Å². The summed E-state index contributed by atoms with van der Waals surface area (Å²) < 4.78 is 32.7. The van der Waals surface area contributed by atoms with Gasteiger partial charge >= 0.3 is 0 Å². The van der Waals surface area contributed by atoms with E-state index in [0.717, 1.165) is 25.9 Å². The molecule has 0 aromatic heterocycles. The maximum atomic E-state index is 12.4. The first kappa shape index (κ1) is 16.8. The van der Waals surface area contributed by atoms with Gasteiger partial charge in [0.25, 0.3) is 10.2 Å². The van der Waals surface area contributed by atoms with Gasteiger partial charge in [0.15, 0.2) is 0 Å². The summed E-state index contributed by atoms with van der Waals surface area (Å²) in [4.78, 5) is 0. The number of rotatable bonds is 8. The number of piperidine rings is 1. The van der Waals surface area contributed by atoms with Gasteiger partial charge in [-0.05, 0) is 31.8 Å². The Kier molecular flexibility index (Phi) is 7.23. The fourth-order valence-corrected chi connectivity index (χ4v) is 3.74. The normalized spacial score (nSPS) is 22.0. The van der Waals surface area contributed by atoms with Crippen LogP contribution in [0.2, 0.25) is 0 Å². The first-order valence-electron chi connectivity index (χ1n) is 6.93. The van der Waals surface area contributed by atoms with E-state index in [1.165, 1.54) is 4.31 Å². The molecule has 0 amide bonds. The first-order chi connectivity index (χ1) is 9.02. The van der Waals surface area contributed by atoms with Crippen LogP contribution in [0.4, 0.5) is 0 Å². The van der Waals surface area contributed by atoms with E-state index < -0.39 is 10.2 Å². The molecule has 6 nitrogen and oxygen atoms in total. The van der Waals surface area contributed by atoms with Crippen LogP contribution in [0.25, 0.3) is 0 Å². The molecular formula is C12H27N3O3S. The smallest absolute Gasteiger partial charge is 0.281 e. The van der Waals surface area contributed by atoms with Gasteiger partial charge in [-0.25, -0.2) is 0 Å². The highest BCUT2D eigenvalue weighted by Crippen LogP contribution is 2.20. The van der Waals surface area contributed by atoms with Crippen molar-refractivity contribution in [1.29, 1.82) is 0 Å². The van der Waals surface area contributed by atoms with E-state index in [1.807, 2.05) is 0 Å². The molecule has 1 fully saturated rings. The average molecular weight is 293 g/mol. The highest BCUT2D eigenvalue weighted by molar-refractivity contribution is 7.86. The molecule has 1 heterocycles. The Bertz CT molecular complexity index is 348. The third kappa shape index (κ3) is 5.00. The van der Waals surface area contributed by atoms with Gasteiger partial charge in [-0.15, -0.1) is 0 Å². The van der Waals surface area contributed by atoms with Gasteiger partial charge in [0, 0.05) is 33.8 Å². The van der Waals surface area contributed by atoms with Crippen LogP contribution in [0.15, 0.2) is 0 Å². The number of ether oxygens (including phenoxy) is 1. The second kappa shape index (κ2) is 8.16. The van der Waals surface area contributed by atoms with E-state index in [-0.39, 0.29) is 0 Å². The molecule has 1 aliphatic rings. The van der Waals surface area contributed by atoms with Crippen LogP contribution in [0, 0.1) is 5.92 Å². The van der Waals surface area contributed by atoms with Crippen molar-refractivity contribution in [3.8, 4) is 0 Å². The highest BCUT2D eigenvalue weighted by atomic mass is 32.2. The zero-order valence-corrected chi connectivity index (χ0v) is 13.1. The van der Waals surface area contributed by atoms with Crippen molar-refractivity contribution in [3.63, 3.8) is 0 Å². The van der Waals surface area contributed by atoms with Crippen molar-refractivity contribution >= 4 is 10.2 Å². The predicted molar refractivity (Wildman–Crippen MR) is 76.3 cm³/mol. The zero-order chi connectivity index (χ0) is 14.3. The predicted octanol–water partition coefficient (Wildman–Crippen LogP) is 0.131. The number of methoxy groups -OCH3 is 1. The lowest BCUT2D eigenvalue weighted by Crippen LogP contribution is -2.48. The topological polar surface area (TPSA) is 61.9 Å². The summed E-state index contributed by atoms with van der Waals surface area (Å²) in [5, 5.41) is 3.30. The van der Waals surface area contributed by atoms with Crippen LogP contribution in [0.1, 0.15) is 19.8 Å². The molecule has 19 heavy (non-hydrogen) atoms. The number of nitrogens with zero attached hydrogens (tertiary/aromatic N) is 2. The number of nitrogens with one attached hydrogen (secondary N) is 1. The summed E-state index contributed by atoms with van der Waals surface area (Å²) in [5.41, 5.74) is 0. The molecule has 1 unspecified atom stereocenters. The SMILES string of the molecule is CCNCC1CCCN(S(=O)(=O)N(C)CCOC)C1. The summed E-state index contributed by atoms with van der Waals surface area (Å²) in [6.45, 7) is 5.95. The van der Waals surface area contributed by atoms with E-state index in [2.05, 4.69) is 12.2 Å². The Hall–Kier alpha value is -0.210. The van der Waals surface area contributed by atoms with Crippen LogP contribution < -0.4 is 5.32 Å². The lowest BCUT2D eigenvalue weighted by atomic mass is 10.00. The molecule has 0 aromatic carbocycles. The van der Waals surface area contributed by atoms with E-state index in [4.69, 9.17) is 4.74 Å². The van der Waals surface area contributed by atoms with Crippen LogP contribution in [0.3, 0.4) is 0 Å². The Morgan fingerprint density at radius 3 is 2.84 bits per heavy atom. The summed E-state index contributed by atoms with van der Waals surface area (Å²) in [5.74, 6) is 0.416. The summed E-state index contributed by atoms with van der Waals surface area (Å²) in [7, 11) is -0.143. The van der Waals surface area contributed by atoms with Gasteiger partial charge in [0.2, 0.25) is 0 Å². The molecule has 0 saturated carbocycles. The molecule has 7 heteroatoms. The lowest BCUT2D eigenvalue weighted by Gasteiger charge is -2.34. The van der Waals surface area contributed by atoms with Gasteiger partial charge in [0.1, 0.15) is 0 Å². The van der Waals surface area contributed by atoms with Crippen molar-refractivity contribution in [1.82, 2.24) is 13.9 Å². The summed E-state index contributed by atoms with van der Waals surface area (Å²) in [6, 6.07) is 0. The number of likely N-dealkylation sites (N-methyl/N-ethyl adjacent to an activating group) is 1. The van der Waals surface area contributed by atoms with Gasteiger partial charge in [0.05, 0.1) is 6.61 Å². The maximum absolute atomic E-state index is 12.4. The molecule has 0 aliphatic carbocycles. The minimum atomic E-state index is -3.33. The van der Waals surface area contributed by atoms with E-state index in [0.29, 0.717) is 32.2 Å². The van der Waals surface area contributed by atoms with Gasteiger partial charge in [-0.2, -0.15) is 17.0 Å². The number of hydrogen-bond donors (Lipinski definition) is 1. The Morgan fingerprint density at radius 2 is 2.21 bits per heavy atom. The minimum absolute atomic E-state index is 0.396. The third-order valence-corrected chi connectivity index (χ3v) is 5.45. The number of hydrogen-bond acceptors (Lipinski definition) is 4. The van der Waals surface area contributed by atoms with Crippen molar-refractivity contribution in [2.75, 3.05) is 53.5 Å². The zero-order valence-electron chi connectivity index (χ0n) is 12.3. The maximum Gasteiger partial charge on any atom is 0.281 e. The summed E-state index contributed by atoms with van der Waals surface area (Å²) in [6.07, 6.45) is 2.04. The lowest BCUT2D eigenvalue weighted by molar-refractivity contribution is 0.179. The highest BCUT2D eigenvalue weighted by Gasteiger charge is 2.31. The molecule has 1 N–H and O–H groups in total. The fraction of sp³-hybridized carbons (Fsp3) is 1.00. The van der Waals surface area contributed by atoms with Crippen molar-refractivity contribution in [2.45, 2.75) is 19.8 Å². The van der Waals surface area contributed by atoms with Gasteiger partial charge in [-0.3, -0.25) is 0 Å². The molecule has 0 aromatic rings. The first-order valence-corrected chi connectivity index (χ1v) is 8.33. The molecular weight excluding hydrogens is 266 g/mol. The average Bonchev–Trinajstić information content (AvgIpc) is 2.42. The van der Waals surface area contributed by atoms with Crippen LogP contribution in [-0.2, 0) is 14.9 Å². The van der Waals surface area contributed by atoms with E-state index >= 15 is 0 Å². The fourth-order valence-electron chi connectivity index (χ4n) is 2.28. The minimum Gasteiger partial charge on any atom is -0.383 e. The molecule has 1 saturated heterocycles. The molecule has 1 rings (SSSR count). The molecule has 0 spiro atoms. The monoisotopic (exact) mass is 293 g/mol. The Labute approximate surface area is 117 Å². The molecule has 0 bridgehead atoms. The molecule has 1 aliphatic heterocycles. The van der Waals surface area contributed by atoms with Crippen LogP contribution in [-0.4, -0.2) is 70.5 Å². The van der Waals surface area contributed by atoms with Crippen LogP contribution >= 0.6 is 0 Å². The van der Waals surface area contributed by atoms with Crippen LogP contribution in [0.5, 0.6) is 0 Å². The molecule has 1 atom stereocenters. The molecule has 114 valence electrons. The quantitative estimate of drug-likeness (QED) is 0.691. The van der Waals surface area contributed by atoms with E-state index in [1.54, 1.807) is 18.5 Å². The van der Waals surface area contributed by atoms with Gasteiger partial charge in [-0.1, -0.05) is 6.92 Å². The van der Waals surface area contributed by atoms with Crippen molar-refractivity contribution in [3.05, 3.63) is 0 Å². The largest absolute Gasteiger partial charge is 0.383 e. The second-order valence-corrected chi connectivity index (χ2v) is 7.03. The van der Waals surface area contributed by atoms with E-state index in [9.17, 15) is 8.42 Å². The van der Waals surface area contributed by atoms with Crippen molar-refractivity contribution in [2.24, 2.45) is 5.92 Å². The summed E-state index contributed by atoms with van der Waals surface area (Å²) >= 11 is 0. The van der Waals surface area contributed by atoms with Crippen molar-refractivity contribution < 1.29 is 13.2 Å². The third-order valence-electron chi connectivity index (χ3n) is 3.50. The Morgan fingerprint density at radius 1 is 1.47 bits per heavy atom. The Balaban J connectivity index is 2.56. The standard InChI is InChI=1S/C12H27N3O3S/c1-4-13-10-12-6-5-7-15(11-12)19(16,17)14(2)8-9-18-3/h12-13H,4-11H2,1-3H3. The second-order valence-electron chi connectivity index (χ2n) is 5.00. The molecule has 0 radical (unpaired) electrons.